The highest BCUT2D eigenvalue weighted by Crippen LogP contribution is 2.27. The SMILES string of the molecule is CC(CN)CSCc1csc(C(C)(C)C)n1. The van der Waals surface area contributed by atoms with Gasteiger partial charge in [-0.3, -0.25) is 0 Å². The molecule has 1 aromatic rings. The number of hydrogen-bond acceptors (Lipinski definition) is 4. The molecular formula is C12H22N2S2. The number of nitrogens with zero attached hydrogens (tertiary/aromatic N) is 1. The van der Waals surface area contributed by atoms with Crippen molar-refractivity contribution in [3.8, 4) is 0 Å². The van der Waals surface area contributed by atoms with Crippen LogP contribution in [0.5, 0.6) is 0 Å². The van der Waals surface area contributed by atoms with Crippen molar-refractivity contribution >= 4 is 23.1 Å². The van der Waals surface area contributed by atoms with Crippen LogP contribution in [0.2, 0.25) is 0 Å². The maximum absolute atomic E-state index is 5.59. The topological polar surface area (TPSA) is 38.9 Å². The minimum Gasteiger partial charge on any atom is -0.330 e. The molecule has 0 saturated carbocycles. The van der Waals surface area contributed by atoms with E-state index < -0.39 is 0 Å². The van der Waals surface area contributed by atoms with Crippen LogP contribution in [0.3, 0.4) is 0 Å². The molecule has 0 aliphatic rings. The Morgan fingerprint density at radius 2 is 2.19 bits per heavy atom. The Labute approximate surface area is 107 Å². The summed E-state index contributed by atoms with van der Waals surface area (Å²) >= 11 is 3.70. The number of hydrogen-bond donors (Lipinski definition) is 1. The van der Waals surface area contributed by atoms with Gasteiger partial charge in [-0.25, -0.2) is 4.98 Å². The zero-order chi connectivity index (χ0) is 12.2. The molecule has 4 heteroatoms. The number of thioether (sulfide) groups is 1. The van der Waals surface area contributed by atoms with E-state index in [9.17, 15) is 0 Å². The molecule has 0 amide bonds. The van der Waals surface area contributed by atoms with Crippen molar-refractivity contribution in [2.75, 3.05) is 12.3 Å². The Hall–Kier alpha value is -0.0600. The molecule has 1 rings (SSSR count). The minimum atomic E-state index is 0.179. The average Bonchev–Trinajstić information content (AvgIpc) is 2.65. The molecule has 1 heterocycles. The largest absolute Gasteiger partial charge is 0.330 e. The molecule has 0 radical (unpaired) electrons. The summed E-state index contributed by atoms with van der Waals surface area (Å²) in [5.41, 5.74) is 6.98. The van der Waals surface area contributed by atoms with Gasteiger partial charge in [0.05, 0.1) is 10.7 Å². The first-order valence-corrected chi connectivity index (χ1v) is 7.69. The number of rotatable bonds is 5. The van der Waals surface area contributed by atoms with E-state index in [1.165, 1.54) is 10.7 Å². The monoisotopic (exact) mass is 258 g/mol. The maximum atomic E-state index is 5.59. The Balaban J connectivity index is 2.41. The lowest BCUT2D eigenvalue weighted by Crippen LogP contribution is -2.13. The zero-order valence-corrected chi connectivity index (χ0v) is 12.3. The number of aromatic nitrogens is 1. The third-order valence-electron chi connectivity index (χ3n) is 2.25. The van der Waals surface area contributed by atoms with Crippen LogP contribution >= 0.6 is 23.1 Å². The highest BCUT2D eigenvalue weighted by atomic mass is 32.2. The maximum Gasteiger partial charge on any atom is 0.0982 e. The number of nitrogens with two attached hydrogens (primary N) is 1. The molecule has 16 heavy (non-hydrogen) atoms. The fraction of sp³-hybridized carbons (Fsp3) is 0.750. The summed E-state index contributed by atoms with van der Waals surface area (Å²) < 4.78 is 0. The standard InChI is InChI=1S/C12H22N2S2/c1-9(5-13)6-15-7-10-8-16-11(14-10)12(2,3)4/h8-9H,5-7,13H2,1-4H3. The van der Waals surface area contributed by atoms with Crippen LogP contribution in [-0.4, -0.2) is 17.3 Å². The van der Waals surface area contributed by atoms with E-state index >= 15 is 0 Å². The molecule has 1 aromatic heterocycles. The lowest BCUT2D eigenvalue weighted by molar-refractivity contribution is 0.584. The summed E-state index contributed by atoms with van der Waals surface area (Å²) in [7, 11) is 0. The molecule has 2 N–H and O–H groups in total. The highest BCUT2D eigenvalue weighted by molar-refractivity contribution is 7.98. The van der Waals surface area contributed by atoms with Gasteiger partial charge in [0.25, 0.3) is 0 Å². The lowest BCUT2D eigenvalue weighted by Gasteiger charge is -2.13. The molecule has 0 spiro atoms. The minimum absolute atomic E-state index is 0.179. The molecule has 92 valence electrons. The molecule has 2 nitrogen and oxygen atoms in total. The quantitative estimate of drug-likeness (QED) is 0.881. The lowest BCUT2D eigenvalue weighted by atomic mass is 9.98. The summed E-state index contributed by atoms with van der Waals surface area (Å²) in [6.07, 6.45) is 0. The molecular weight excluding hydrogens is 236 g/mol. The highest BCUT2D eigenvalue weighted by Gasteiger charge is 2.17. The first-order valence-electron chi connectivity index (χ1n) is 5.66. The van der Waals surface area contributed by atoms with Crippen molar-refractivity contribution in [3.63, 3.8) is 0 Å². The van der Waals surface area contributed by atoms with E-state index in [4.69, 9.17) is 5.73 Å². The number of thiazole rings is 1. The van der Waals surface area contributed by atoms with Crippen LogP contribution in [0, 0.1) is 5.92 Å². The van der Waals surface area contributed by atoms with Crippen LogP contribution in [0.1, 0.15) is 38.4 Å². The Morgan fingerprint density at radius 1 is 1.50 bits per heavy atom. The third-order valence-corrected chi connectivity index (χ3v) is 4.87. The molecule has 1 unspecified atom stereocenters. The van der Waals surface area contributed by atoms with Gasteiger partial charge in [0, 0.05) is 16.5 Å². The van der Waals surface area contributed by atoms with Gasteiger partial charge in [-0.15, -0.1) is 11.3 Å². The summed E-state index contributed by atoms with van der Waals surface area (Å²) in [5, 5.41) is 3.41. The van der Waals surface area contributed by atoms with Gasteiger partial charge >= 0.3 is 0 Å². The van der Waals surface area contributed by atoms with Crippen molar-refractivity contribution in [2.45, 2.75) is 38.9 Å². The van der Waals surface area contributed by atoms with Crippen LogP contribution in [0.4, 0.5) is 0 Å². The van der Waals surface area contributed by atoms with Crippen LogP contribution in [-0.2, 0) is 11.2 Å². The third kappa shape index (κ3) is 4.44. The second kappa shape index (κ2) is 6.03. The predicted octanol–water partition coefficient (Wildman–Crippen LogP) is 3.27. The molecule has 0 aliphatic heterocycles. The fourth-order valence-corrected chi connectivity index (χ4v) is 3.18. The van der Waals surface area contributed by atoms with Gasteiger partial charge in [0.1, 0.15) is 0 Å². The molecule has 0 bridgehead atoms. The van der Waals surface area contributed by atoms with Gasteiger partial charge in [0.2, 0.25) is 0 Å². The van der Waals surface area contributed by atoms with Gasteiger partial charge < -0.3 is 5.73 Å². The first kappa shape index (κ1) is 14.0. The smallest absolute Gasteiger partial charge is 0.0982 e. The van der Waals surface area contributed by atoms with Crippen LogP contribution < -0.4 is 5.73 Å². The molecule has 0 aliphatic carbocycles. The van der Waals surface area contributed by atoms with Crippen LogP contribution in [0.15, 0.2) is 5.38 Å². The van der Waals surface area contributed by atoms with Crippen molar-refractivity contribution in [2.24, 2.45) is 11.7 Å². The van der Waals surface area contributed by atoms with E-state index in [-0.39, 0.29) is 5.41 Å². The van der Waals surface area contributed by atoms with Gasteiger partial charge in [-0.1, -0.05) is 27.7 Å². The second-order valence-corrected chi connectivity index (χ2v) is 7.14. The average molecular weight is 258 g/mol. The van der Waals surface area contributed by atoms with E-state index in [0.29, 0.717) is 5.92 Å². The van der Waals surface area contributed by atoms with Crippen molar-refractivity contribution in [3.05, 3.63) is 16.1 Å². The Morgan fingerprint density at radius 3 is 2.69 bits per heavy atom. The van der Waals surface area contributed by atoms with Gasteiger partial charge in [-0.05, 0) is 18.2 Å². The molecule has 0 fully saturated rings. The molecule has 0 aromatic carbocycles. The summed E-state index contributed by atoms with van der Waals surface area (Å²) in [4.78, 5) is 4.67. The fourth-order valence-electron chi connectivity index (χ4n) is 1.15. The molecule has 0 saturated heterocycles. The van der Waals surface area contributed by atoms with E-state index in [0.717, 1.165) is 18.1 Å². The Kier molecular flexibility index (Phi) is 5.28. The molecule has 1 atom stereocenters. The van der Waals surface area contributed by atoms with E-state index in [2.05, 4.69) is 38.1 Å². The van der Waals surface area contributed by atoms with Crippen molar-refractivity contribution in [1.29, 1.82) is 0 Å². The normalized spacial score (nSPS) is 14.1. The van der Waals surface area contributed by atoms with Crippen LogP contribution in [0.25, 0.3) is 0 Å². The second-order valence-electron chi connectivity index (χ2n) is 5.25. The van der Waals surface area contributed by atoms with Crippen molar-refractivity contribution in [1.82, 2.24) is 4.98 Å². The van der Waals surface area contributed by atoms with Gasteiger partial charge in [0.15, 0.2) is 0 Å². The first-order chi connectivity index (χ1) is 7.43. The van der Waals surface area contributed by atoms with Gasteiger partial charge in [-0.2, -0.15) is 11.8 Å². The Bertz CT molecular complexity index is 315. The summed E-state index contributed by atoms with van der Waals surface area (Å²) in [6.45, 7) is 9.59. The predicted molar refractivity (Wildman–Crippen MR) is 75.2 cm³/mol. The van der Waals surface area contributed by atoms with E-state index in [1.807, 2.05) is 11.8 Å². The zero-order valence-electron chi connectivity index (χ0n) is 10.6. The summed E-state index contributed by atoms with van der Waals surface area (Å²) in [6, 6.07) is 0. The van der Waals surface area contributed by atoms with Crippen molar-refractivity contribution < 1.29 is 0 Å². The summed E-state index contributed by atoms with van der Waals surface area (Å²) in [5.74, 6) is 2.74. The van der Waals surface area contributed by atoms with E-state index in [1.54, 1.807) is 11.3 Å².